The summed E-state index contributed by atoms with van der Waals surface area (Å²) in [5, 5.41) is 13.2. The Labute approximate surface area is 197 Å². The molecule has 0 unspecified atom stereocenters. The molecule has 3 aromatic rings. The second-order valence-electron chi connectivity index (χ2n) is 8.13. The van der Waals surface area contributed by atoms with E-state index in [-0.39, 0.29) is 23.2 Å². The van der Waals surface area contributed by atoms with Crippen LogP contribution in [-0.2, 0) is 28.9 Å². The molecule has 0 N–H and O–H groups in total. The van der Waals surface area contributed by atoms with Crippen molar-refractivity contribution in [2.24, 2.45) is 0 Å². The van der Waals surface area contributed by atoms with E-state index in [4.69, 9.17) is 9.72 Å². The molecule has 2 aliphatic rings. The van der Waals surface area contributed by atoms with Gasteiger partial charge in [0.1, 0.15) is 9.84 Å². The van der Waals surface area contributed by atoms with Gasteiger partial charge in [-0.15, -0.1) is 22.7 Å². The van der Waals surface area contributed by atoms with Gasteiger partial charge in [0.25, 0.3) is 5.56 Å². The largest absolute Gasteiger partial charge is 0.376 e. The van der Waals surface area contributed by atoms with Gasteiger partial charge in [0.2, 0.25) is 0 Å². The van der Waals surface area contributed by atoms with E-state index in [2.05, 4.69) is 11.1 Å². The lowest BCUT2D eigenvalue weighted by Gasteiger charge is -2.16. The number of ketones is 1. The number of ether oxygens (including phenoxy) is 1. The van der Waals surface area contributed by atoms with Gasteiger partial charge in [0.05, 0.1) is 29.9 Å². The molecule has 32 heavy (non-hydrogen) atoms. The third-order valence-electron chi connectivity index (χ3n) is 5.88. The van der Waals surface area contributed by atoms with Gasteiger partial charge in [0, 0.05) is 22.6 Å². The molecule has 1 saturated heterocycles. The van der Waals surface area contributed by atoms with Crippen LogP contribution in [0.15, 0.2) is 15.3 Å². The maximum Gasteiger partial charge on any atom is 0.263 e. The fourth-order valence-corrected chi connectivity index (χ4v) is 7.39. The van der Waals surface area contributed by atoms with Crippen LogP contribution in [0.3, 0.4) is 0 Å². The van der Waals surface area contributed by atoms with E-state index in [0.717, 1.165) is 53.6 Å². The summed E-state index contributed by atoms with van der Waals surface area (Å²) < 4.78 is 7.47. The number of hydrogen-bond donors (Lipinski definition) is 0. The number of rotatable bonds is 7. The van der Waals surface area contributed by atoms with Gasteiger partial charge in [-0.2, -0.15) is 5.26 Å². The summed E-state index contributed by atoms with van der Waals surface area (Å²) in [5.41, 5.74) is 1.92. The third kappa shape index (κ3) is 4.03. The average Bonchev–Trinajstić information content (AvgIpc) is 3.55. The molecular weight excluding hydrogens is 464 g/mol. The minimum absolute atomic E-state index is 0.0150. The Morgan fingerprint density at radius 3 is 3.00 bits per heavy atom. The van der Waals surface area contributed by atoms with Gasteiger partial charge in [-0.25, -0.2) is 9.97 Å². The maximum absolute atomic E-state index is 13.5. The summed E-state index contributed by atoms with van der Waals surface area (Å²) in [5.74, 6) is -1.06. The fraction of sp³-hybridized carbons (Fsp3) is 0.500. The molecule has 0 radical (unpaired) electrons. The number of aryl methyl sites for hydroxylation is 3. The van der Waals surface area contributed by atoms with Crippen molar-refractivity contribution in [3.63, 3.8) is 0 Å². The number of nitriles is 1. The maximum atomic E-state index is 13.5. The summed E-state index contributed by atoms with van der Waals surface area (Å²) in [6, 6.07) is 2.09. The van der Waals surface area contributed by atoms with Crippen LogP contribution in [0.25, 0.3) is 10.2 Å². The summed E-state index contributed by atoms with van der Waals surface area (Å²) >= 11 is 4.15. The van der Waals surface area contributed by atoms with E-state index < -0.39 is 5.92 Å². The molecule has 4 heterocycles. The van der Waals surface area contributed by atoms with Crippen LogP contribution in [0.1, 0.15) is 46.3 Å². The first-order valence-electron chi connectivity index (χ1n) is 10.7. The average molecular weight is 487 g/mol. The monoisotopic (exact) mass is 486 g/mol. The standard InChI is InChI=1S/C22H22N4O3S3/c1-12-10-30-19(24-12)15(8-23)16(27)11-31-22-25-20-18(14-5-2-6-17(14)32-20)21(28)26(22)9-13-4-3-7-29-13/h10,13,15H,2-7,9,11H2,1H3/t13-,15-/m0/s1. The molecule has 2 atom stereocenters. The Bertz CT molecular complexity index is 1280. The highest BCUT2D eigenvalue weighted by molar-refractivity contribution is 7.99. The smallest absolute Gasteiger partial charge is 0.263 e. The Hall–Kier alpha value is -2.06. The molecule has 0 bridgehead atoms. The SMILES string of the molecule is Cc1csc([C@@H](C#N)C(=O)CSc2nc3sc4c(c3c(=O)n2C[C@@H]2CCCO2)CCC4)n1. The van der Waals surface area contributed by atoms with Crippen LogP contribution >= 0.6 is 34.4 Å². The van der Waals surface area contributed by atoms with Gasteiger partial charge in [-0.3, -0.25) is 14.2 Å². The quantitative estimate of drug-likeness (QED) is 0.369. The van der Waals surface area contributed by atoms with Crippen molar-refractivity contribution in [3.05, 3.63) is 36.9 Å². The predicted molar refractivity (Wildman–Crippen MR) is 126 cm³/mol. The predicted octanol–water partition coefficient (Wildman–Crippen LogP) is 3.86. The lowest BCUT2D eigenvalue weighted by atomic mass is 10.1. The zero-order valence-corrected chi connectivity index (χ0v) is 20.1. The first kappa shape index (κ1) is 21.8. The van der Waals surface area contributed by atoms with Crippen molar-refractivity contribution in [2.45, 2.75) is 62.8 Å². The van der Waals surface area contributed by atoms with Crippen LogP contribution in [0, 0.1) is 18.3 Å². The second kappa shape index (κ2) is 9.06. The zero-order chi connectivity index (χ0) is 22.2. The molecule has 1 aliphatic carbocycles. The topological polar surface area (TPSA) is 97.9 Å². The van der Waals surface area contributed by atoms with Crippen molar-refractivity contribution >= 4 is 50.4 Å². The van der Waals surface area contributed by atoms with Crippen molar-refractivity contribution in [1.82, 2.24) is 14.5 Å². The van der Waals surface area contributed by atoms with E-state index in [1.165, 1.54) is 28.0 Å². The molecule has 0 amide bonds. The summed E-state index contributed by atoms with van der Waals surface area (Å²) in [6.45, 7) is 2.99. The van der Waals surface area contributed by atoms with E-state index in [1.807, 2.05) is 12.3 Å². The molecule has 5 rings (SSSR count). The second-order valence-corrected chi connectivity index (χ2v) is 11.0. The highest BCUT2D eigenvalue weighted by Crippen LogP contribution is 2.36. The Morgan fingerprint density at radius 2 is 2.28 bits per heavy atom. The molecular formula is C22H22N4O3S3. The van der Waals surface area contributed by atoms with Gasteiger partial charge in [-0.05, 0) is 44.6 Å². The lowest BCUT2D eigenvalue weighted by molar-refractivity contribution is -0.116. The minimum atomic E-state index is -0.895. The van der Waals surface area contributed by atoms with E-state index in [0.29, 0.717) is 23.3 Å². The molecule has 7 nitrogen and oxygen atoms in total. The number of carbonyl (C=O) groups is 1. The molecule has 1 aliphatic heterocycles. The number of nitrogens with zero attached hydrogens (tertiary/aromatic N) is 4. The van der Waals surface area contributed by atoms with Crippen LogP contribution in [-0.4, -0.2) is 38.8 Å². The molecule has 1 fully saturated rings. The normalized spacial score (nSPS) is 18.7. The van der Waals surface area contributed by atoms with Gasteiger partial charge in [-0.1, -0.05) is 11.8 Å². The highest BCUT2D eigenvalue weighted by Gasteiger charge is 2.27. The van der Waals surface area contributed by atoms with Gasteiger partial charge < -0.3 is 4.74 Å². The van der Waals surface area contributed by atoms with Crippen LogP contribution in [0.2, 0.25) is 0 Å². The first-order valence-corrected chi connectivity index (χ1v) is 13.4. The zero-order valence-electron chi connectivity index (χ0n) is 17.6. The van der Waals surface area contributed by atoms with E-state index in [9.17, 15) is 14.9 Å². The Morgan fingerprint density at radius 1 is 1.41 bits per heavy atom. The van der Waals surface area contributed by atoms with Crippen LogP contribution in [0.5, 0.6) is 0 Å². The fourth-order valence-electron chi connectivity index (χ4n) is 4.31. The summed E-state index contributed by atoms with van der Waals surface area (Å²) in [4.78, 5) is 37.5. The number of fused-ring (bicyclic) bond motifs is 3. The Kier molecular flexibility index (Phi) is 6.16. The molecule has 0 aromatic carbocycles. The number of carbonyl (C=O) groups excluding carboxylic acids is 1. The van der Waals surface area contributed by atoms with E-state index in [1.54, 1.807) is 15.9 Å². The lowest BCUT2D eigenvalue weighted by Crippen LogP contribution is -2.29. The van der Waals surface area contributed by atoms with E-state index >= 15 is 0 Å². The number of thiazole rings is 1. The van der Waals surface area contributed by atoms with Crippen molar-refractivity contribution in [2.75, 3.05) is 12.4 Å². The number of hydrogen-bond acceptors (Lipinski definition) is 9. The molecule has 10 heteroatoms. The number of thioether (sulfide) groups is 1. The van der Waals surface area contributed by atoms with Crippen molar-refractivity contribution in [3.8, 4) is 6.07 Å². The minimum Gasteiger partial charge on any atom is -0.376 e. The summed E-state index contributed by atoms with van der Waals surface area (Å²) in [7, 11) is 0. The molecule has 0 saturated carbocycles. The van der Waals surface area contributed by atoms with Crippen molar-refractivity contribution < 1.29 is 9.53 Å². The Balaban J connectivity index is 1.46. The van der Waals surface area contributed by atoms with Gasteiger partial charge >= 0.3 is 0 Å². The van der Waals surface area contributed by atoms with Crippen LogP contribution in [0.4, 0.5) is 0 Å². The van der Waals surface area contributed by atoms with Crippen molar-refractivity contribution in [1.29, 1.82) is 5.26 Å². The molecule has 3 aromatic heterocycles. The van der Waals surface area contributed by atoms with Crippen LogP contribution < -0.4 is 5.56 Å². The first-order chi connectivity index (χ1) is 15.5. The number of Topliss-reactive ketones (excluding diaryl/α,β-unsaturated/α-hetero) is 1. The molecule has 166 valence electrons. The third-order valence-corrected chi connectivity index (χ3v) is 9.09. The molecule has 0 spiro atoms. The highest BCUT2D eigenvalue weighted by atomic mass is 32.2. The van der Waals surface area contributed by atoms with Gasteiger partial charge in [0.15, 0.2) is 16.9 Å². The number of aromatic nitrogens is 3. The summed E-state index contributed by atoms with van der Waals surface area (Å²) in [6.07, 6.45) is 4.89. The number of thiophene rings is 1.